The van der Waals surface area contributed by atoms with Crippen molar-refractivity contribution in [3.8, 4) is 0 Å². The van der Waals surface area contributed by atoms with Crippen LogP contribution in [0.2, 0.25) is 0 Å². The van der Waals surface area contributed by atoms with Crippen molar-refractivity contribution in [2.24, 2.45) is 39.7 Å². The van der Waals surface area contributed by atoms with E-state index in [9.17, 15) is 15.1 Å². The average Bonchev–Trinajstić information content (AvgIpc) is 2.83. The van der Waals surface area contributed by atoms with Crippen LogP contribution in [0.3, 0.4) is 0 Å². The van der Waals surface area contributed by atoms with Gasteiger partial charge in [0.25, 0.3) is 0 Å². The number of Topliss-reactive ketones (excluding diaryl/α,β-unsaturated/α-hetero) is 1. The molecule has 0 aliphatic heterocycles. The Kier molecular flexibility index (Phi) is 3.43. The lowest BCUT2D eigenvalue weighted by molar-refractivity contribution is -0.129. The maximum Gasteiger partial charge on any atom is 0.180 e. The predicted molar refractivity (Wildman–Crippen MR) is 87.3 cm³/mol. The molecule has 0 saturated heterocycles. The molecule has 23 heavy (non-hydrogen) atoms. The van der Waals surface area contributed by atoms with E-state index in [0.717, 1.165) is 32.1 Å². The lowest BCUT2D eigenvalue weighted by atomic mass is 9.45. The number of hydrogen-bond donors (Lipinski definition) is 2. The van der Waals surface area contributed by atoms with Crippen molar-refractivity contribution in [2.75, 3.05) is 0 Å². The molecule has 2 N–H and O–H groups in total. The summed E-state index contributed by atoms with van der Waals surface area (Å²) >= 11 is 0. The first-order chi connectivity index (χ1) is 10.9. The molecule has 0 radical (unpaired) electrons. The van der Waals surface area contributed by atoms with Crippen LogP contribution in [-0.2, 0) is 4.79 Å². The summed E-state index contributed by atoms with van der Waals surface area (Å²) in [6.07, 6.45) is 7.73. The number of carbonyl (C=O) groups excluding carboxylic acids is 1. The van der Waals surface area contributed by atoms with Crippen molar-refractivity contribution in [1.82, 2.24) is 0 Å². The zero-order chi connectivity index (χ0) is 16.4. The molecule has 4 saturated carbocycles. The number of nitrogens with zero attached hydrogens (tertiary/aromatic N) is 1. The molecule has 0 heterocycles. The number of aliphatic hydroxyl groups is 1. The highest BCUT2D eigenvalue weighted by molar-refractivity contribution is 6.40. The first kappa shape index (κ1) is 15.6. The molecule has 7 unspecified atom stereocenters. The minimum absolute atomic E-state index is 0.0466. The van der Waals surface area contributed by atoms with E-state index in [1.54, 1.807) is 0 Å². The number of ketones is 1. The second-order valence-electron chi connectivity index (χ2n) is 9.15. The summed E-state index contributed by atoms with van der Waals surface area (Å²) in [4.78, 5) is 12.1. The van der Waals surface area contributed by atoms with Crippen LogP contribution in [0.5, 0.6) is 0 Å². The van der Waals surface area contributed by atoms with Gasteiger partial charge in [0.15, 0.2) is 5.78 Å². The monoisotopic (exact) mass is 319 g/mol. The Bertz CT molecular complexity index is 559. The first-order valence-corrected chi connectivity index (χ1v) is 9.32. The van der Waals surface area contributed by atoms with E-state index in [1.165, 1.54) is 6.42 Å². The average molecular weight is 319 g/mol. The maximum atomic E-state index is 12.1. The lowest BCUT2D eigenvalue weighted by Crippen LogP contribution is -2.55. The minimum atomic E-state index is -0.138. The van der Waals surface area contributed by atoms with Crippen LogP contribution in [0.1, 0.15) is 65.2 Å². The smallest absolute Gasteiger partial charge is 0.180 e. The van der Waals surface area contributed by atoms with Crippen LogP contribution in [0.4, 0.5) is 0 Å². The van der Waals surface area contributed by atoms with Gasteiger partial charge in [0.1, 0.15) is 5.71 Å². The van der Waals surface area contributed by atoms with Gasteiger partial charge in [-0.2, -0.15) is 0 Å². The van der Waals surface area contributed by atoms with E-state index in [0.29, 0.717) is 42.2 Å². The molecule has 4 aliphatic carbocycles. The van der Waals surface area contributed by atoms with Crippen LogP contribution < -0.4 is 0 Å². The zero-order valence-corrected chi connectivity index (χ0v) is 14.3. The lowest BCUT2D eigenvalue weighted by Gasteiger charge is -2.59. The van der Waals surface area contributed by atoms with Gasteiger partial charge in [-0.05, 0) is 73.0 Å². The van der Waals surface area contributed by atoms with Crippen LogP contribution in [0.25, 0.3) is 0 Å². The molecular weight excluding hydrogens is 290 g/mol. The standard InChI is InChI=1S/C19H29NO3/c1-18-8-7-14-12(13(18)5-6-17(18)22)4-3-11-9-16(21)15(20-23)10-19(11,14)2/h11-14,17,22-23H,3-10H2,1-2H3. The summed E-state index contributed by atoms with van der Waals surface area (Å²) in [5.74, 6) is 2.39. The Morgan fingerprint density at radius 2 is 1.78 bits per heavy atom. The fraction of sp³-hybridized carbons (Fsp3) is 0.895. The van der Waals surface area contributed by atoms with Gasteiger partial charge < -0.3 is 10.3 Å². The molecule has 4 fully saturated rings. The van der Waals surface area contributed by atoms with Gasteiger partial charge in [-0.25, -0.2) is 0 Å². The predicted octanol–water partition coefficient (Wildman–Crippen LogP) is 3.40. The highest BCUT2D eigenvalue weighted by Gasteiger charge is 2.60. The molecule has 4 nitrogen and oxygen atoms in total. The molecule has 0 spiro atoms. The fourth-order valence-electron chi connectivity index (χ4n) is 7.01. The second kappa shape index (κ2) is 5.05. The number of hydrogen-bond acceptors (Lipinski definition) is 4. The topological polar surface area (TPSA) is 69.9 Å². The molecule has 4 rings (SSSR count). The number of carbonyl (C=O) groups is 1. The summed E-state index contributed by atoms with van der Waals surface area (Å²) in [6.45, 7) is 4.63. The molecule has 128 valence electrons. The summed E-state index contributed by atoms with van der Waals surface area (Å²) < 4.78 is 0. The fourth-order valence-corrected chi connectivity index (χ4v) is 7.01. The Morgan fingerprint density at radius 3 is 2.52 bits per heavy atom. The Labute approximate surface area is 138 Å². The molecule has 7 atom stereocenters. The Balaban J connectivity index is 1.66. The van der Waals surface area contributed by atoms with E-state index in [4.69, 9.17) is 0 Å². The quantitative estimate of drug-likeness (QED) is 0.531. The third-order valence-electron chi connectivity index (χ3n) is 8.44. The van der Waals surface area contributed by atoms with Crippen LogP contribution in [-0.4, -0.2) is 27.9 Å². The molecule has 0 aromatic heterocycles. The largest absolute Gasteiger partial charge is 0.411 e. The van der Waals surface area contributed by atoms with Gasteiger partial charge >= 0.3 is 0 Å². The maximum absolute atomic E-state index is 12.1. The normalized spacial score (nSPS) is 54.5. The molecule has 0 bridgehead atoms. The molecule has 0 aromatic carbocycles. The molecule has 0 amide bonds. The third-order valence-corrected chi connectivity index (χ3v) is 8.44. The highest BCUT2D eigenvalue weighted by Crippen LogP contribution is 2.65. The number of rotatable bonds is 0. The SMILES string of the molecule is CC12CCC3C(CCC4CC(=O)C(=NO)CC43C)C1CCC2O. The Hall–Kier alpha value is -0.900. The minimum Gasteiger partial charge on any atom is -0.411 e. The van der Waals surface area contributed by atoms with Crippen molar-refractivity contribution in [3.63, 3.8) is 0 Å². The van der Waals surface area contributed by atoms with E-state index >= 15 is 0 Å². The van der Waals surface area contributed by atoms with Crippen molar-refractivity contribution >= 4 is 11.5 Å². The highest BCUT2D eigenvalue weighted by atomic mass is 16.4. The second-order valence-corrected chi connectivity index (χ2v) is 9.15. The van der Waals surface area contributed by atoms with Crippen LogP contribution in [0, 0.1) is 34.5 Å². The molecular formula is C19H29NO3. The Morgan fingerprint density at radius 1 is 1.04 bits per heavy atom. The molecule has 4 heteroatoms. The van der Waals surface area contributed by atoms with Gasteiger partial charge in [-0.3, -0.25) is 4.79 Å². The number of fused-ring (bicyclic) bond motifs is 5. The van der Waals surface area contributed by atoms with Crippen LogP contribution in [0.15, 0.2) is 5.16 Å². The van der Waals surface area contributed by atoms with Gasteiger partial charge in [0.05, 0.1) is 6.10 Å². The third kappa shape index (κ3) is 2.00. The summed E-state index contributed by atoms with van der Waals surface area (Å²) in [6, 6.07) is 0. The van der Waals surface area contributed by atoms with Gasteiger partial charge in [0.2, 0.25) is 0 Å². The van der Waals surface area contributed by atoms with Crippen molar-refractivity contribution in [3.05, 3.63) is 0 Å². The first-order valence-electron chi connectivity index (χ1n) is 9.32. The van der Waals surface area contributed by atoms with E-state index in [1.807, 2.05) is 0 Å². The van der Waals surface area contributed by atoms with E-state index in [-0.39, 0.29) is 22.7 Å². The molecule has 0 aromatic rings. The summed E-state index contributed by atoms with van der Waals surface area (Å²) in [7, 11) is 0. The van der Waals surface area contributed by atoms with Gasteiger partial charge in [-0.1, -0.05) is 19.0 Å². The van der Waals surface area contributed by atoms with E-state index < -0.39 is 0 Å². The summed E-state index contributed by atoms with van der Waals surface area (Å²) in [5.41, 5.74) is 0.583. The van der Waals surface area contributed by atoms with Crippen molar-refractivity contribution in [2.45, 2.75) is 71.3 Å². The van der Waals surface area contributed by atoms with Gasteiger partial charge in [-0.15, -0.1) is 0 Å². The summed E-state index contributed by atoms with van der Waals surface area (Å²) in [5, 5.41) is 23.0. The van der Waals surface area contributed by atoms with E-state index in [2.05, 4.69) is 19.0 Å². The molecule has 4 aliphatic rings. The van der Waals surface area contributed by atoms with Gasteiger partial charge in [0, 0.05) is 12.8 Å². The number of aliphatic hydroxyl groups excluding tert-OH is 1. The number of oxime groups is 1. The van der Waals surface area contributed by atoms with Crippen LogP contribution >= 0.6 is 0 Å². The zero-order valence-electron chi connectivity index (χ0n) is 14.3. The van der Waals surface area contributed by atoms with Crippen molar-refractivity contribution < 1.29 is 15.1 Å². The van der Waals surface area contributed by atoms with Crippen molar-refractivity contribution in [1.29, 1.82) is 0 Å².